The maximum Gasteiger partial charge on any atom is 0.103 e. The Bertz CT molecular complexity index is 1030. The molecule has 0 aliphatic carbocycles. The summed E-state index contributed by atoms with van der Waals surface area (Å²) in [4.78, 5) is 2.39. The number of rotatable bonds is 10. The second-order valence-electron chi connectivity index (χ2n) is 9.65. The zero-order valence-electron chi connectivity index (χ0n) is 20.3. The molecule has 2 saturated heterocycles. The van der Waals surface area contributed by atoms with Crippen LogP contribution in [0, 0.1) is 0 Å². The largest absolute Gasteiger partial charge is 0.391 e. The fourth-order valence-corrected chi connectivity index (χ4v) is 5.52. The second kappa shape index (κ2) is 11.5. The fraction of sp³-hybridized carbons (Fsp3) is 0.400. The van der Waals surface area contributed by atoms with Crippen molar-refractivity contribution in [2.24, 2.45) is 0 Å². The molecule has 0 saturated carbocycles. The van der Waals surface area contributed by atoms with E-state index in [4.69, 9.17) is 14.2 Å². The molecular weight excluding hydrogens is 438 g/mol. The molecule has 2 aliphatic rings. The predicted octanol–water partition coefficient (Wildman–Crippen LogP) is 4.58. The summed E-state index contributed by atoms with van der Waals surface area (Å²) in [6, 6.07) is 30.9. The van der Waals surface area contributed by atoms with Crippen molar-refractivity contribution in [3.05, 3.63) is 108 Å². The van der Waals surface area contributed by atoms with Crippen LogP contribution in [0.3, 0.4) is 0 Å². The molecule has 0 amide bonds. The molecule has 5 rings (SSSR count). The number of nitrogens with zero attached hydrogens (tertiary/aromatic N) is 1. The highest BCUT2D eigenvalue weighted by Crippen LogP contribution is 2.41. The summed E-state index contributed by atoms with van der Waals surface area (Å²) in [5.74, 6) is 0. The molecule has 35 heavy (non-hydrogen) atoms. The minimum absolute atomic E-state index is 0.000322. The van der Waals surface area contributed by atoms with Crippen LogP contribution < -0.4 is 0 Å². The number of hydrogen-bond acceptors (Lipinski definition) is 5. The van der Waals surface area contributed by atoms with Crippen LogP contribution in [0.15, 0.2) is 91.0 Å². The van der Waals surface area contributed by atoms with Crippen LogP contribution in [0.1, 0.15) is 30.0 Å². The van der Waals surface area contributed by atoms with E-state index >= 15 is 0 Å². The van der Waals surface area contributed by atoms with E-state index in [1.54, 1.807) is 0 Å². The van der Waals surface area contributed by atoms with Crippen molar-refractivity contribution in [2.75, 3.05) is 6.61 Å². The van der Waals surface area contributed by atoms with E-state index in [0.717, 1.165) is 16.7 Å². The van der Waals surface area contributed by atoms with Gasteiger partial charge in [-0.25, -0.2) is 0 Å². The van der Waals surface area contributed by atoms with Gasteiger partial charge >= 0.3 is 0 Å². The van der Waals surface area contributed by atoms with Crippen LogP contribution >= 0.6 is 0 Å². The highest BCUT2D eigenvalue weighted by atomic mass is 16.5. The Morgan fingerprint density at radius 3 is 1.74 bits per heavy atom. The van der Waals surface area contributed by atoms with Gasteiger partial charge in [0.25, 0.3) is 0 Å². The minimum atomic E-state index is -0.380. The first kappa shape index (κ1) is 24.2. The van der Waals surface area contributed by atoms with E-state index in [2.05, 4.69) is 48.2 Å². The summed E-state index contributed by atoms with van der Waals surface area (Å²) >= 11 is 0. The monoisotopic (exact) mass is 473 g/mol. The van der Waals surface area contributed by atoms with Gasteiger partial charge in [-0.2, -0.15) is 0 Å². The highest BCUT2D eigenvalue weighted by molar-refractivity contribution is 5.17. The van der Waals surface area contributed by atoms with Crippen molar-refractivity contribution < 1.29 is 19.3 Å². The molecule has 6 atom stereocenters. The lowest BCUT2D eigenvalue weighted by Crippen LogP contribution is -2.46. The van der Waals surface area contributed by atoms with Crippen LogP contribution in [-0.4, -0.2) is 53.1 Å². The topological polar surface area (TPSA) is 51.2 Å². The third-order valence-corrected chi connectivity index (χ3v) is 7.33. The van der Waals surface area contributed by atoms with Crippen LogP contribution in [0.2, 0.25) is 0 Å². The van der Waals surface area contributed by atoms with Crippen molar-refractivity contribution in [3.8, 4) is 0 Å². The van der Waals surface area contributed by atoms with Gasteiger partial charge in [0.15, 0.2) is 0 Å². The molecule has 3 aromatic rings. The zero-order valence-corrected chi connectivity index (χ0v) is 20.3. The van der Waals surface area contributed by atoms with E-state index in [0.29, 0.717) is 32.8 Å². The van der Waals surface area contributed by atoms with E-state index in [1.165, 1.54) is 0 Å². The molecule has 5 heteroatoms. The van der Waals surface area contributed by atoms with Crippen molar-refractivity contribution in [1.82, 2.24) is 4.90 Å². The summed E-state index contributed by atoms with van der Waals surface area (Å²) in [6.07, 6.45) is -0.00548. The summed E-state index contributed by atoms with van der Waals surface area (Å²) in [6.45, 7) is 4.20. The number of benzene rings is 3. The molecule has 2 fully saturated rings. The molecule has 0 aromatic heterocycles. The normalized spacial score (nSPS) is 28.3. The van der Waals surface area contributed by atoms with Gasteiger partial charge in [-0.1, -0.05) is 91.0 Å². The average molecular weight is 474 g/mol. The number of fused-ring (bicyclic) bond motifs is 1. The van der Waals surface area contributed by atoms with Crippen molar-refractivity contribution in [1.29, 1.82) is 0 Å². The molecule has 184 valence electrons. The highest BCUT2D eigenvalue weighted by Gasteiger charge is 2.57. The maximum atomic E-state index is 10.7. The molecule has 1 N–H and O–H groups in total. The molecule has 3 aromatic carbocycles. The summed E-state index contributed by atoms with van der Waals surface area (Å²) in [5.41, 5.74) is 3.42. The van der Waals surface area contributed by atoms with Crippen LogP contribution in [0.5, 0.6) is 0 Å². The predicted molar refractivity (Wildman–Crippen MR) is 136 cm³/mol. The first-order chi connectivity index (χ1) is 17.2. The average Bonchev–Trinajstić information content (AvgIpc) is 3.35. The van der Waals surface area contributed by atoms with Gasteiger partial charge in [0, 0.05) is 12.1 Å². The Hall–Kier alpha value is -2.54. The molecule has 0 bridgehead atoms. The first-order valence-corrected chi connectivity index (χ1v) is 12.6. The van der Waals surface area contributed by atoms with Crippen molar-refractivity contribution in [3.63, 3.8) is 0 Å². The van der Waals surface area contributed by atoms with Crippen molar-refractivity contribution in [2.45, 2.75) is 69.6 Å². The number of ether oxygens (including phenoxy) is 3. The molecule has 2 heterocycles. The standard InChI is InChI=1S/C30H35NO4/c1-22-28(32)17-26-29(34-19-24-13-7-3-8-14-24)30(35-20-25-15-9-4-10-16-25)27(31(22)26)21-33-18-23-11-5-2-6-12-23/h2-16,22,26-30,32H,17-21H2,1H3/t22-,26+,27+,28+,29+,30+/m0/s1. The molecule has 0 radical (unpaired) electrons. The first-order valence-electron chi connectivity index (χ1n) is 12.6. The third kappa shape index (κ3) is 5.66. The van der Waals surface area contributed by atoms with E-state index in [-0.39, 0.29) is 36.4 Å². The van der Waals surface area contributed by atoms with Gasteiger partial charge in [0.05, 0.1) is 38.6 Å². The minimum Gasteiger partial charge on any atom is -0.391 e. The third-order valence-electron chi connectivity index (χ3n) is 7.33. The lowest BCUT2D eigenvalue weighted by Gasteiger charge is -2.31. The summed E-state index contributed by atoms with van der Waals surface area (Å²) in [5, 5.41) is 10.7. The van der Waals surface area contributed by atoms with E-state index < -0.39 is 0 Å². The quantitative estimate of drug-likeness (QED) is 0.467. The smallest absolute Gasteiger partial charge is 0.103 e. The Labute approximate surface area is 208 Å². The van der Waals surface area contributed by atoms with Crippen LogP contribution in [0.25, 0.3) is 0 Å². The van der Waals surface area contributed by atoms with Gasteiger partial charge < -0.3 is 19.3 Å². The number of aliphatic hydroxyl groups excluding tert-OH is 1. The molecule has 2 aliphatic heterocycles. The molecule has 5 nitrogen and oxygen atoms in total. The summed E-state index contributed by atoms with van der Waals surface area (Å²) < 4.78 is 19.4. The van der Waals surface area contributed by atoms with E-state index in [1.807, 2.05) is 54.6 Å². The zero-order chi connectivity index (χ0) is 24.0. The number of aliphatic hydroxyl groups is 1. The van der Waals surface area contributed by atoms with Crippen LogP contribution in [-0.2, 0) is 34.0 Å². The summed E-state index contributed by atoms with van der Waals surface area (Å²) in [7, 11) is 0. The van der Waals surface area contributed by atoms with Gasteiger partial charge in [-0.05, 0) is 30.0 Å². The second-order valence-corrected chi connectivity index (χ2v) is 9.65. The van der Waals surface area contributed by atoms with E-state index in [9.17, 15) is 5.11 Å². The van der Waals surface area contributed by atoms with Gasteiger partial charge in [-0.15, -0.1) is 0 Å². The van der Waals surface area contributed by atoms with Crippen molar-refractivity contribution >= 4 is 0 Å². The number of hydrogen-bond donors (Lipinski definition) is 1. The Morgan fingerprint density at radius 2 is 1.20 bits per heavy atom. The van der Waals surface area contributed by atoms with Gasteiger partial charge in [0.2, 0.25) is 0 Å². The fourth-order valence-electron chi connectivity index (χ4n) is 5.52. The Balaban J connectivity index is 1.35. The van der Waals surface area contributed by atoms with Gasteiger partial charge in [-0.3, -0.25) is 4.90 Å². The molecule has 0 unspecified atom stereocenters. The maximum absolute atomic E-state index is 10.7. The lowest BCUT2D eigenvalue weighted by atomic mass is 10.0. The lowest BCUT2D eigenvalue weighted by molar-refractivity contribution is -0.0916. The van der Waals surface area contributed by atoms with Gasteiger partial charge in [0.1, 0.15) is 12.2 Å². The SMILES string of the molecule is C[C@H]1[C@H](O)C[C@@H]2[C@@H](OCc3ccccc3)[C@H](OCc3ccccc3)[C@@H](COCc3ccccc3)N21. The Morgan fingerprint density at radius 1 is 0.714 bits per heavy atom. The van der Waals surface area contributed by atoms with Crippen LogP contribution in [0.4, 0.5) is 0 Å². The molecular formula is C30H35NO4. The molecule has 0 spiro atoms. The Kier molecular flexibility index (Phi) is 7.92.